The molecular formula is C7H14N2O. The average Bonchev–Trinajstić information content (AvgIpc) is 2.34. The Kier molecular flexibility index (Phi) is 2.40. The van der Waals surface area contributed by atoms with E-state index in [1.54, 1.807) is 6.92 Å². The first kappa shape index (κ1) is 7.69. The molecule has 1 fully saturated rings. The van der Waals surface area contributed by atoms with Gasteiger partial charge in [0.05, 0.1) is 6.04 Å². The molecule has 1 aliphatic rings. The van der Waals surface area contributed by atoms with E-state index < -0.39 is 0 Å². The van der Waals surface area contributed by atoms with Crippen molar-refractivity contribution in [3.63, 3.8) is 0 Å². The molecule has 2 N–H and O–H groups in total. The molecular weight excluding hydrogens is 128 g/mol. The van der Waals surface area contributed by atoms with Crippen molar-refractivity contribution in [1.29, 1.82) is 0 Å². The molecule has 0 aliphatic carbocycles. The van der Waals surface area contributed by atoms with Crippen molar-refractivity contribution in [3.05, 3.63) is 0 Å². The van der Waals surface area contributed by atoms with E-state index in [1.807, 2.05) is 7.05 Å². The van der Waals surface area contributed by atoms with Gasteiger partial charge in [0.1, 0.15) is 5.78 Å². The molecule has 0 spiro atoms. The Morgan fingerprint density at radius 3 is 2.70 bits per heavy atom. The number of likely N-dealkylation sites (N-methyl/N-ethyl adjacent to an activating group) is 1. The van der Waals surface area contributed by atoms with Crippen molar-refractivity contribution >= 4 is 5.78 Å². The van der Waals surface area contributed by atoms with E-state index in [9.17, 15) is 4.79 Å². The number of rotatable bonds is 2. The summed E-state index contributed by atoms with van der Waals surface area (Å²) in [6.45, 7) is 2.55. The van der Waals surface area contributed by atoms with Crippen LogP contribution in [0.2, 0.25) is 0 Å². The molecule has 1 aliphatic heterocycles. The van der Waals surface area contributed by atoms with E-state index in [0.717, 1.165) is 13.0 Å². The Balaban J connectivity index is 2.35. The van der Waals surface area contributed by atoms with Gasteiger partial charge in [0.25, 0.3) is 0 Å². The van der Waals surface area contributed by atoms with Crippen molar-refractivity contribution in [3.8, 4) is 0 Å². The summed E-state index contributed by atoms with van der Waals surface area (Å²) in [4.78, 5) is 10.8. The third kappa shape index (κ3) is 1.55. The number of hydrogen-bond acceptors (Lipinski definition) is 3. The number of carbonyl (C=O) groups is 1. The molecule has 1 heterocycles. The maximum absolute atomic E-state index is 10.8. The Bertz CT molecular complexity index is 136. The van der Waals surface area contributed by atoms with Crippen LogP contribution in [0, 0.1) is 0 Å². The van der Waals surface area contributed by atoms with Gasteiger partial charge < -0.3 is 10.6 Å². The van der Waals surface area contributed by atoms with Crippen LogP contribution >= 0.6 is 0 Å². The zero-order chi connectivity index (χ0) is 7.56. The van der Waals surface area contributed by atoms with Crippen LogP contribution in [0.3, 0.4) is 0 Å². The second-order valence-corrected chi connectivity index (χ2v) is 2.79. The third-order valence-electron chi connectivity index (χ3n) is 2.03. The second-order valence-electron chi connectivity index (χ2n) is 2.79. The Morgan fingerprint density at radius 2 is 2.40 bits per heavy atom. The SMILES string of the molecule is CN[C@H]1CN[C@H](C(C)=O)C1. The topological polar surface area (TPSA) is 41.1 Å². The Hall–Kier alpha value is -0.410. The smallest absolute Gasteiger partial charge is 0.146 e. The lowest BCUT2D eigenvalue weighted by molar-refractivity contribution is -0.118. The average molecular weight is 142 g/mol. The summed E-state index contributed by atoms with van der Waals surface area (Å²) in [6.07, 6.45) is 0.936. The van der Waals surface area contributed by atoms with Crippen LogP contribution in [0.4, 0.5) is 0 Å². The van der Waals surface area contributed by atoms with Crippen molar-refractivity contribution in [2.45, 2.75) is 25.4 Å². The van der Waals surface area contributed by atoms with Gasteiger partial charge >= 0.3 is 0 Å². The fourth-order valence-corrected chi connectivity index (χ4v) is 1.27. The first-order chi connectivity index (χ1) is 4.74. The first-order valence-electron chi connectivity index (χ1n) is 3.65. The Labute approximate surface area is 61.2 Å². The zero-order valence-electron chi connectivity index (χ0n) is 6.48. The largest absolute Gasteiger partial charge is 0.316 e. The highest BCUT2D eigenvalue weighted by Crippen LogP contribution is 2.06. The normalized spacial score (nSPS) is 32.6. The van der Waals surface area contributed by atoms with Gasteiger partial charge in [0, 0.05) is 12.6 Å². The number of ketones is 1. The van der Waals surface area contributed by atoms with Crippen LogP contribution in [-0.4, -0.2) is 31.5 Å². The van der Waals surface area contributed by atoms with Crippen LogP contribution in [0.1, 0.15) is 13.3 Å². The summed E-state index contributed by atoms with van der Waals surface area (Å²) in [6, 6.07) is 0.575. The number of hydrogen-bond donors (Lipinski definition) is 2. The molecule has 0 bridgehead atoms. The van der Waals surface area contributed by atoms with Gasteiger partial charge in [0.2, 0.25) is 0 Å². The maximum atomic E-state index is 10.8. The van der Waals surface area contributed by atoms with E-state index in [4.69, 9.17) is 0 Å². The number of carbonyl (C=O) groups excluding carboxylic acids is 1. The van der Waals surface area contributed by atoms with Crippen molar-refractivity contribution in [2.75, 3.05) is 13.6 Å². The van der Waals surface area contributed by atoms with Crippen LogP contribution in [0.5, 0.6) is 0 Å². The van der Waals surface area contributed by atoms with Crippen LogP contribution in [0.15, 0.2) is 0 Å². The molecule has 2 atom stereocenters. The van der Waals surface area contributed by atoms with Gasteiger partial charge in [-0.3, -0.25) is 4.79 Å². The van der Waals surface area contributed by atoms with Crippen molar-refractivity contribution < 1.29 is 4.79 Å². The van der Waals surface area contributed by atoms with E-state index in [-0.39, 0.29) is 11.8 Å². The van der Waals surface area contributed by atoms with Crippen LogP contribution in [-0.2, 0) is 4.79 Å². The second kappa shape index (κ2) is 3.12. The standard InChI is InChI=1S/C7H14N2O/c1-5(10)7-3-6(8-2)4-9-7/h6-9H,3-4H2,1-2H3/t6-,7+/m1/s1. The van der Waals surface area contributed by atoms with Gasteiger partial charge in [0.15, 0.2) is 0 Å². The summed E-state index contributed by atoms with van der Waals surface area (Å²) in [5.41, 5.74) is 0. The predicted octanol–water partition coefficient (Wildman–Crippen LogP) is -0.475. The minimum Gasteiger partial charge on any atom is -0.316 e. The van der Waals surface area contributed by atoms with E-state index in [0.29, 0.717) is 6.04 Å². The summed E-state index contributed by atoms with van der Waals surface area (Å²) >= 11 is 0. The molecule has 1 rings (SSSR count). The minimum atomic E-state index is 0.0949. The highest BCUT2D eigenvalue weighted by molar-refractivity contribution is 5.81. The summed E-state index contributed by atoms with van der Waals surface area (Å²) < 4.78 is 0. The molecule has 0 radical (unpaired) electrons. The fraction of sp³-hybridized carbons (Fsp3) is 0.857. The van der Waals surface area contributed by atoms with E-state index >= 15 is 0 Å². The molecule has 58 valence electrons. The number of Topliss-reactive ketones (excluding diaryl/α,β-unsaturated/α-hetero) is 1. The molecule has 0 saturated carbocycles. The molecule has 0 aromatic rings. The monoisotopic (exact) mass is 142 g/mol. The maximum Gasteiger partial charge on any atom is 0.146 e. The van der Waals surface area contributed by atoms with Gasteiger partial charge in [-0.1, -0.05) is 0 Å². The highest BCUT2D eigenvalue weighted by atomic mass is 16.1. The number of nitrogens with one attached hydrogen (secondary N) is 2. The fourth-order valence-electron chi connectivity index (χ4n) is 1.27. The van der Waals surface area contributed by atoms with E-state index in [2.05, 4.69) is 10.6 Å². The molecule has 10 heavy (non-hydrogen) atoms. The molecule has 0 aromatic carbocycles. The lowest BCUT2D eigenvalue weighted by atomic mass is 10.1. The van der Waals surface area contributed by atoms with Crippen molar-refractivity contribution in [2.24, 2.45) is 0 Å². The molecule has 3 nitrogen and oxygen atoms in total. The third-order valence-corrected chi connectivity index (χ3v) is 2.03. The molecule has 0 unspecified atom stereocenters. The summed E-state index contributed by atoms with van der Waals surface area (Å²) in [5.74, 6) is 0.248. The van der Waals surface area contributed by atoms with Gasteiger partial charge in [-0.25, -0.2) is 0 Å². The molecule has 0 aromatic heterocycles. The minimum absolute atomic E-state index is 0.0949. The van der Waals surface area contributed by atoms with Gasteiger partial charge in [-0.2, -0.15) is 0 Å². The molecule has 0 amide bonds. The summed E-state index contributed by atoms with van der Waals surface area (Å²) in [7, 11) is 1.93. The Morgan fingerprint density at radius 1 is 1.70 bits per heavy atom. The zero-order valence-corrected chi connectivity index (χ0v) is 6.48. The van der Waals surface area contributed by atoms with Gasteiger partial charge in [-0.05, 0) is 20.4 Å². The lowest BCUT2D eigenvalue weighted by Crippen LogP contribution is -2.28. The molecule has 1 saturated heterocycles. The van der Waals surface area contributed by atoms with Crippen LogP contribution < -0.4 is 10.6 Å². The molecule has 3 heteroatoms. The van der Waals surface area contributed by atoms with Gasteiger partial charge in [-0.15, -0.1) is 0 Å². The lowest BCUT2D eigenvalue weighted by Gasteiger charge is -2.05. The summed E-state index contributed by atoms with van der Waals surface area (Å²) in [5, 5.41) is 6.28. The first-order valence-corrected chi connectivity index (χ1v) is 3.65. The quantitative estimate of drug-likeness (QED) is 0.547. The predicted molar refractivity (Wildman–Crippen MR) is 39.9 cm³/mol. The highest BCUT2D eigenvalue weighted by Gasteiger charge is 2.25. The van der Waals surface area contributed by atoms with E-state index in [1.165, 1.54) is 0 Å². The van der Waals surface area contributed by atoms with Crippen molar-refractivity contribution in [1.82, 2.24) is 10.6 Å². The van der Waals surface area contributed by atoms with Crippen LogP contribution in [0.25, 0.3) is 0 Å².